The molecular formula is C35H40ClN3O5. The molecule has 2 unspecified atom stereocenters. The maximum absolute atomic E-state index is 14.0. The van der Waals surface area contributed by atoms with Crippen molar-refractivity contribution in [2.24, 2.45) is 11.7 Å². The zero-order valence-electron chi connectivity index (χ0n) is 25.1. The Labute approximate surface area is 264 Å². The molecule has 3 aromatic carbocycles. The largest absolute Gasteiger partial charge is 0.492 e. The van der Waals surface area contributed by atoms with Gasteiger partial charge in [-0.3, -0.25) is 4.79 Å². The number of methoxy groups -OCH3 is 1. The van der Waals surface area contributed by atoms with Gasteiger partial charge in [-0.15, -0.1) is 0 Å². The minimum atomic E-state index is -0.425. The summed E-state index contributed by atoms with van der Waals surface area (Å²) in [6, 6.07) is 22.1. The Bertz CT molecular complexity index is 1450. The van der Waals surface area contributed by atoms with Crippen LogP contribution in [0, 0.1) is 5.92 Å². The molecule has 232 valence electrons. The van der Waals surface area contributed by atoms with Crippen molar-refractivity contribution >= 4 is 23.6 Å². The number of likely N-dealkylation sites (tertiary alicyclic amines) is 1. The van der Waals surface area contributed by atoms with E-state index in [0.717, 1.165) is 36.0 Å². The topological polar surface area (TPSA) is 94.3 Å². The van der Waals surface area contributed by atoms with E-state index in [1.54, 1.807) is 12.0 Å². The van der Waals surface area contributed by atoms with Crippen LogP contribution in [0.25, 0.3) is 11.1 Å². The Morgan fingerprint density at radius 1 is 0.977 bits per heavy atom. The smallest absolute Gasteiger partial charge is 0.409 e. The minimum Gasteiger partial charge on any atom is -0.492 e. The van der Waals surface area contributed by atoms with E-state index in [1.807, 2.05) is 47.4 Å². The number of nitrogens with two attached hydrogens (primary N) is 1. The summed E-state index contributed by atoms with van der Waals surface area (Å²) in [6.07, 6.45) is 2.80. The maximum Gasteiger partial charge on any atom is 0.409 e. The van der Waals surface area contributed by atoms with Gasteiger partial charge in [0.15, 0.2) is 0 Å². The summed E-state index contributed by atoms with van der Waals surface area (Å²) in [4.78, 5) is 30.9. The molecular weight excluding hydrogens is 578 g/mol. The van der Waals surface area contributed by atoms with Crippen molar-refractivity contribution in [3.05, 3.63) is 88.4 Å². The van der Waals surface area contributed by atoms with Crippen LogP contribution in [0.3, 0.4) is 0 Å². The summed E-state index contributed by atoms with van der Waals surface area (Å²) in [7, 11) is 1.66. The van der Waals surface area contributed by atoms with Crippen LogP contribution < -0.4 is 10.5 Å². The van der Waals surface area contributed by atoms with Crippen molar-refractivity contribution in [1.29, 1.82) is 0 Å². The molecule has 8 nitrogen and oxygen atoms in total. The number of amides is 2. The van der Waals surface area contributed by atoms with Gasteiger partial charge in [-0.25, -0.2) is 4.79 Å². The highest BCUT2D eigenvalue weighted by atomic mass is 35.5. The second kappa shape index (κ2) is 13.6. The number of carbonyl (C=O) groups excluding carboxylic acids is 2. The number of fused-ring (bicyclic) bond motifs is 3. The first-order valence-corrected chi connectivity index (χ1v) is 15.9. The number of halogens is 1. The molecule has 2 atom stereocenters. The molecule has 1 saturated carbocycles. The molecule has 3 aliphatic rings. The molecule has 0 aromatic heterocycles. The highest BCUT2D eigenvalue weighted by Crippen LogP contribution is 2.44. The molecule has 0 radical (unpaired) electrons. The first-order valence-electron chi connectivity index (χ1n) is 15.5. The average Bonchev–Trinajstić information content (AvgIpc) is 3.83. The Morgan fingerprint density at radius 3 is 2.36 bits per heavy atom. The number of carbonyl (C=O) groups is 2. The van der Waals surface area contributed by atoms with Crippen molar-refractivity contribution in [3.63, 3.8) is 0 Å². The third-order valence-electron chi connectivity index (χ3n) is 8.80. The van der Waals surface area contributed by atoms with Crippen molar-refractivity contribution in [1.82, 2.24) is 9.80 Å². The van der Waals surface area contributed by atoms with Crippen LogP contribution in [-0.2, 0) is 20.8 Å². The molecule has 1 saturated heterocycles. The van der Waals surface area contributed by atoms with Crippen LogP contribution in [0.5, 0.6) is 5.75 Å². The van der Waals surface area contributed by atoms with Crippen LogP contribution in [0.2, 0.25) is 5.02 Å². The first-order chi connectivity index (χ1) is 21.4. The predicted octanol–water partition coefficient (Wildman–Crippen LogP) is 5.84. The van der Waals surface area contributed by atoms with Gasteiger partial charge in [0.05, 0.1) is 17.5 Å². The van der Waals surface area contributed by atoms with E-state index in [9.17, 15) is 9.59 Å². The van der Waals surface area contributed by atoms with Gasteiger partial charge in [0.1, 0.15) is 12.4 Å². The van der Waals surface area contributed by atoms with E-state index in [4.69, 9.17) is 31.5 Å². The fourth-order valence-electron chi connectivity index (χ4n) is 6.50. The van der Waals surface area contributed by atoms with Gasteiger partial charge in [-0.2, -0.15) is 0 Å². The summed E-state index contributed by atoms with van der Waals surface area (Å²) in [6.45, 7) is 2.45. The Morgan fingerprint density at radius 2 is 1.68 bits per heavy atom. The average molecular weight is 618 g/mol. The van der Waals surface area contributed by atoms with E-state index >= 15 is 0 Å². The molecule has 1 heterocycles. The van der Waals surface area contributed by atoms with Gasteiger partial charge in [0, 0.05) is 57.8 Å². The van der Waals surface area contributed by atoms with Crippen LogP contribution >= 0.6 is 11.6 Å². The fourth-order valence-corrected chi connectivity index (χ4v) is 6.67. The number of ether oxygens (including phenoxy) is 3. The maximum atomic E-state index is 14.0. The summed E-state index contributed by atoms with van der Waals surface area (Å²) in [5.74, 6) is 0.207. The Kier molecular flexibility index (Phi) is 9.40. The van der Waals surface area contributed by atoms with Gasteiger partial charge < -0.3 is 29.7 Å². The van der Waals surface area contributed by atoms with Crippen LogP contribution in [0.1, 0.15) is 48.3 Å². The van der Waals surface area contributed by atoms with E-state index in [1.165, 1.54) is 11.1 Å². The second-order valence-electron chi connectivity index (χ2n) is 12.1. The fraction of sp³-hybridized carbons (Fsp3) is 0.429. The molecule has 2 N–H and O–H groups in total. The normalized spacial score (nSPS) is 19.3. The quantitative estimate of drug-likeness (QED) is 0.272. The standard InChI is InChI=1S/C35H40ClN3O5/c1-42-15-6-16-43-33-17-23(11-14-32(33)36)19-39(26-12-13-26)34(40)24-18-25(37)21-38(20-24)35(41)44-22-31-29-9-4-2-7-27(29)28-8-3-5-10-30(28)31/h2-5,7-11,14,17,24-26,31H,6,12-13,15-16,18-22,37H2,1H3. The zero-order chi connectivity index (χ0) is 30.6. The van der Waals surface area contributed by atoms with Gasteiger partial charge in [0.25, 0.3) is 0 Å². The number of rotatable bonds is 11. The zero-order valence-corrected chi connectivity index (χ0v) is 25.9. The number of benzene rings is 3. The highest BCUT2D eigenvalue weighted by Gasteiger charge is 2.40. The summed E-state index contributed by atoms with van der Waals surface area (Å²) in [5.41, 5.74) is 12.1. The van der Waals surface area contributed by atoms with E-state index < -0.39 is 12.0 Å². The number of hydrogen-bond donors (Lipinski definition) is 1. The molecule has 3 aromatic rings. The van der Waals surface area contributed by atoms with Crippen LogP contribution in [0.4, 0.5) is 4.79 Å². The molecule has 0 spiro atoms. The first kappa shape index (κ1) is 30.4. The molecule has 2 aliphatic carbocycles. The van der Waals surface area contributed by atoms with Crippen molar-refractivity contribution in [2.75, 3.05) is 40.0 Å². The van der Waals surface area contributed by atoms with Gasteiger partial charge >= 0.3 is 6.09 Å². The van der Waals surface area contributed by atoms with Gasteiger partial charge in [0.2, 0.25) is 5.91 Å². The monoisotopic (exact) mass is 617 g/mol. The van der Waals surface area contributed by atoms with Crippen LogP contribution in [-0.4, -0.2) is 73.9 Å². The molecule has 2 amide bonds. The van der Waals surface area contributed by atoms with Gasteiger partial charge in [-0.1, -0.05) is 66.2 Å². The summed E-state index contributed by atoms with van der Waals surface area (Å²) in [5, 5.41) is 0.535. The van der Waals surface area contributed by atoms with Crippen molar-refractivity contribution in [3.8, 4) is 16.9 Å². The Hall–Kier alpha value is -3.59. The summed E-state index contributed by atoms with van der Waals surface area (Å²) < 4.78 is 16.9. The van der Waals surface area contributed by atoms with Crippen LogP contribution in [0.15, 0.2) is 66.7 Å². The van der Waals surface area contributed by atoms with E-state index in [0.29, 0.717) is 50.0 Å². The summed E-state index contributed by atoms with van der Waals surface area (Å²) >= 11 is 6.38. The molecule has 9 heteroatoms. The predicted molar refractivity (Wildman–Crippen MR) is 170 cm³/mol. The number of piperidine rings is 1. The highest BCUT2D eigenvalue weighted by molar-refractivity contribution is 6.32. The number of nitrogens with zero attached hydrogens (tertiary/aromatic N) is 2. The third-order valence-corrected chi connectivity index (χ3v) is 9.11. The lowest BCUT2D eigenvalue weighted by molar-refractivity contribution is -0.138. The molecule has 1 aliphatic heterocycles. The lowest BCUT2D eigenvalue weighted by Crippen LogP contribution is -2.54. The molecule has 2 fully saturated rings. The molecule has 0 bridgehead atoms. The van der Waals surface area contributed by atoms with E-state index in [2.05, 4.69) is 24.3 Å². The Balaban J connectivity index is 1.10. The lowest BCUT2D eigenvalue weighted by Gasteiger charge is -2.37. The van der Waals surface area contributed by atoms with Crippen molar-refractivity contribution in [2.45, 2.75) is 50.2 Å². The second-order valence-corrected chi connectivity index (χ2v) is 12.5. The lowest BCUT2D eigenvalue weighted by atomic mass is 9.93. The van der Waals surface area contributed by atoms with Crippen molar-refractivity contribution < 1.29 is 23.8 Å². The minimum absolute atomic E-state index is 0.0246. The molecule has 6 rings (SSSR count). The van der Waals surface area contributed by atoms with Gasteiger partial charge in [-0.05, 0) is 59.2 Å². The molecule has 44 heavy (non-hydrogen) atoms. The SMILES string of the molecule is COCCCOc1cc(CN(C(=O)C2CC(N)CN(C(=O)OCC3c4ccccc4-c4ccccc43)C2)C2CC2)ccc1Cl. The van der Waals surface area contributed by atoms with E-state index in [-0.39, 0.29) is 30.5 Å². The number of hydrogen-bond acceptors (Lipinski definition) is 6. The third kappa shape index (κ3) is 6.72.